The lowest BCUT2D eigenvalue weighted by Gasteiger charge is -2.23. The van der Waals surface area contributed by atoms with Crippen LogP contribution in [-0.4, -0.2) is 19.3 Å². The minimum Gasteiger partial charge on any atom is -0.343 e. The van der Waals surface area contributed by atoms with Gasteiger partial charge in [-0.3, -0.25) is 0 Å². The molecule has 2 atom stereocenters. The first kappa shape index (κ1) is 9.65. The van der Waals surface area contributed by atoms with E-state index >= 15 is 0 Å². The molecule has 1 aromatic rings. The van der Waals surface area contributed by atoms with Crippen LogP contribution in [0.15, 0.2) is 30.3 Å². The van der Waals surface area contributed by atoms with Gasteiger partial charge < -0.3 is 15.2 Å². The van der Waals surface area contributed by atoms with Gasteiger partial charge in [0.2, 0.25) is 0 Å². The minimum absolute atomic E-state index is 0.0141. The summed E-state index contributed by atoms with van der Waals surface area (Å²) in [5.41, 5.74) is 6.57. The van der Waals surface area contributed by atoms with Crippen LogP contribution in [0.25, 0.3) is 0 Å². The smallest absolute Gasteiger partial charge is 0.192 e. The zero-order chi connectivity index (χ0) is 10.0. The van der Waals surface area contributed by atoms with Gasteiger partial charge in [-0.05, 0) is 6.92 Å². The highest BCUT2D eigenvalue weighted by Gasteiger charge is 2.37. The fourth-order valence-corrected chi connectivity index (χ4v) is 1.65. The molecule has 0 saturated carbocycles. The highest BCUT2D eigenvalue weighted by Crippen LogP contribution is 2.33. The highest BCUT2D eigenvalue weighted by atomic mass is 16.7. The summed E-state index contributed by atoms with van der Waals surface area (Å²) in [6.07, 6.45) is 0.0141. The fraction of sp³-hybridized carbons (Fsp3) is 0.455. The average Bonchev–Trinajstić information content (AvgIpc) is 2.63. The van der Waals surface area contributed by atoms with Crippen molar-refractivity contribution in [3.05, 3.63) is 35.9 Å². The van der Waals surface area contributed by atoms with E-state index in [4.69, 9.17) is 15.2 Å². The van der Waals surface area contributed by atoms with Gasteiger partial charge in [0.1, 0.15) is 0 Å². The quantitative estimate of drug-likeness (QED) is 0.768. The van der Waals surface area contributed by atoms with Crippen LogP contribution in [0.5, 0.6) is 0 Å². The summed E-state index contributed by atoms with van der Waals surface area (Å²) < 4.78 is 11.4. The molecule has 1 aromatic carbocycles. The van der Waals surface area contributed by atoms with E-state index in [-0.39, 0.29) is 6.10 Å². The Hall–Kier alpha value is -0.900. The van der Waals surface area contributed by atoms with E-state index in [1.54, 1.807) is 0 Å². The largest absolute Gasteiger partial charge is 0.343 e. The Morgan fingerprint density at radius 2 is 2.14 bits per heavy atom. The maximum Gasteiger partial charge on any atom is 0.192 e. The monoisotopic (exact) mass is 193 g/mol. The topological polar surface area (TPSA) is 44.5 Å². The van der Waals surface area contributed by atoms with Crippen LogP contribution < -0.4 is 5.73 Å². The molecule has 0 radical (unpaired) electrons. The van der Waals surface area contributed by atoms with Gasteiger partial charge in [-0.15, -0.1) is 0 Å². The molecule has 0 amide bonds. The first-order chi connectivity index (χ1) is 6.74. The summed E-state index contributed by atoms with van der Waals surface area (Å²) in [6.45, 7) is 3.00. The Bertz CT molecular complexity index is 301. The molecular formula is C11H15NO2. The molecule has 14 heavy (non-hydrogen) atoms. The predicted octanol–water partition coefficient (Wildman–Crippen LogP) is 1.23. The molecule has 1 saturated heterocycles. The van der Waals surface area contributed by atoms with Crippen molar-refractivity contribution in [2.24, 2.45) is 5.73 Å². The van der Waals surface area contributed by atoms with Gasteiger partial charge in [-0.2, -0.15) is 0 Å². The Morgan fingerprint density at radius 1 is 1.43 bits per heavy atom. The van der Waals surface area contributed by atoms with Gasteiger partial charge in [0.25, 0.3) is 0 Å². The summed E-state index contributed by atoms with van der Waals surface area (Å²) in [7, 11) is 0. The lowest BCUT2D eigenvalue weighted by molar-refractivity contribution is -0.160. The molecule has 0 aliphatic carbocycles. The Kier molecular flexibility index (Phi) is 2.54. The number of hydrogen-bond donors (Lipinski definition) is 1. The van der Waals surface area contributed by atoms with Gasteiger partial charge in [-0.25, -0.2) is 0 Å². The second kappa shape index (κ2) is 3.69. The van der Waals surface area contributed by atoms with E-state index in [1.807, 2.05) is 37.3 Å². The molecule has 1 aliphatic rings. The number of hydrogen-bond acceptors (Lipinski definition) is 3. The number of nitrogens with two attached hydrogens (primary N) is 1. The second-order valence-corrected chi connectivity index (χ2v) is 3.60. The summed E-state index contributed by atoms with van der Waals surface area (Å²) in [5, 5.41) is 0. The van der Waals surface area contributed by atoms with E-state index in [9.17, 15) is 0 Å². The van der Waals surface area contributed by atoms with Gasteiger partial charge >= 0.3 is 0 Å². The summed E-state index contributed by atoms with van der Waals surface area (Å²) in [6, 6.07) is 9.92. The summed E-state index contributed by atoms with van der Waals surface area (Å²) in [5.74, 6) is -0.620. The van der Waals surface area contributed by atoms with Crippen molar-refractivity contribution >= 4 is 0 Å². The standard InChI is InChI=1S/C11H15NO2/c1-11(9-5-3-2-4-6-9)13-8-10(7-12)14-11/h2-6,10H,7-8,12H2,1H3. The third kappa shape index (κ3) is 1.66. The minimum atomic E-state index is -0.620. The predicted molar refractivity (Wildman–Crippen MR) is 53.7 cm³/mol. The maximum atomic E-state index is 5.74. The van der Waals surface area contributed by atoms with Gasteiger partial charge in [-0.1, -0.05) is 30.3 Å². The third-order valence-corrected chi connectivity index (χ3v) is 2.50. The van der Waals surface area contributed by atoms with Gasteiger partial charge in [0.05, 0.1) is 12.7 Å². The zero-order valence-electron chi connectivity index (χ0n) is 8.27. The van der Waals surface area contributed by atoms with Crippen molar-refractivity contribution in [1.29, 1.82) is 0 Å². The number of rotatable bonds is 2. The van der Waals surface area contributed by atoms with Crippen molar-refractivity contribution in [3.8, 4) is 0 Å². The third-order valence-electron chi connectivity index (χ3n) is 2.50. The molecule has 1 aliphatic heterocycles. The van der Waals surface area contributed by atoms with Gasteiger partial charge in [0, 0.05) is 12.1 Å². The number of ether oxygens (including phenoxy) is 2. The molecule has 0 bridgehead atoms. The average molecular weight is 193 g/mol. The van der Waals surface area contributed by atoms with Crippen molar-refractivity contribution in [2.45, 2.75) is 18.8 Å². The Labute approximate surface area is 83.8 Å². The fourth-order valence-electron chi connectivity index (χ4n) is 1.65. The molecule has 0 aromatic heterocycles. The second-order valence-electron chi connectivity index (χ2n) is 3.60. The van der Waals surface area contributed by atoms with Crippen LogP contribution in [0.2, 0.25) is 0 Å². The van der Waals surface area contributed by atoms with Crippen LogP contribution in [0.3, 0.4) is 0 Å². The van der Waals surface area contributed by atoms with Crippen LogP contribution in [-0.2, 0) is 15.3 Å². The Morgan fingerprint density at radius 3 is 2.71 bits per heavy atom. The SMILES string of the molecule is CC1(c2ccccc2)OCC(CN)O1. The van der Waals surface area contributed by atoms with Crippen LogP contribution >= 0.6 is 0 Å². The number of benzene rings is 1. The van der Waals surface area contributed by atoms with E-state index in [0.29, 0.717) is 13.2 Å². The lowest BCUT2D eigenvalue weighted by Crippen LogP contribution is -2.27. The normalized spacial score (nSPS) is 32.0. The lowest BCUT2D eigenvalue weighted by atomic mass is 10.1. The van der Waals surface area contributed by atoms with Crippen molar-refractivity contribution in [3.63, 3.8) is 0 Å². The van der Waals surface area contributed by atoms with E-state index < -0.39 is 5.79 Å². The summed E-state index contributed by atoms with van der Waals surface area (Å²) in [4.78, 5) is 0. The van der Waals surface area contributed by atoms with Crippen molar-refractivity contribution in [2.75, 3.05) is 13.2 Å². The Balaban J connectivity index is 2.19. The van der Waals surface area contributed by atoms with E-state index in [1.165, 1.54) is 0 Å². The summed E-state index contributed by atoms with van der Waals surface area (Å²) >= 11 is 0. The molecule has 2 N–H and O–H groups in total. The van der Waals surface area contributed by atoms with Crippen LogP contribution in [0.1, 0.15) is 12.5 Å². The van der Waals surface area contributed by atoms with Crippen molar-refractivity contribution in [1.82, 2.24) is 0 Å². The van der Waals surface area contributed by atoms with E-state index in [2.05, 4.69) is 0 Å². The maximum absolute atomic E-state index is 5.74. The molecular weight excluding hydrogens is 178 g/mol. The molecule has 1 heterocycles. The van der Waals surface area contributed by atoms with Crippen molar-refractivity contribution < 1.29 is 9.47 Å². The molecule has 76 valence electrons. The molecule has 2 rings (SSSR count). The first-order valence-electron chi connectivity index (χ1n) is 4.82. The van der Waals surface area contributed by atoms with E-state index in [0.717, 1.165) is 5.56 Å². The molecule has 0 spiro atoms. The molecule has 1 fully saturated rings. The van der Waals surface area contributed by atoms with Crippen LogP contribution in [0.4, 0.5) is 0 Å². The van der Waals surface area contributed by atoms with Gasteiger partial charge in [0.15, 0.2) is 5.79 Å². The molecule has 3 nitrogen and oxygen atoms in total. The molecule has 3 heteroatoms. The first-order valence-corrected chi connectivity index (χ1v) is 4.82. The van der Waals surface area contributed by atoms with Crippen LogP contribution in [0, 0.1) is 0 Å². The highest BCUT2D eigenvalue weighted by molar-refractivity contribution is 5.20. The zero-order valence-corrected chi connectivity index (χ0v) is 8.27. The molecule has 2 unspecified atom stereocenters.